The molecular weight excluding hydrogens is 265 g/mol. The van der Waals surface area contributed by atoms with Gasteiger partial charge in [-0.2, -0.15) is 0 Å². The molecule has 0 saturated heterocycles. The third kappa shape index (κ3) is 4.46. The van der Waals surface area contributed by atoms with Crippen molar-refractivity contribution in [2.45, 2.75) is 40.0 Å². The fourth-order valence-corrected chi connectivity index (χ4v) is 2.41. The first-order valence-corrected chi connectivity index (χ1v) is 7.41. The molecular formula is C15H23Cl2N. The van der Waals surface area contributed by atoms with Gasteiger partial charge in [0.1, 0.15) is 0 Å². The van der Waals surface area contributed by atoms with Gasteiger partial charge in [-0.05, 0) is 42.9 Å². The predicted molar refractivity (Wildman–Crippen MR) is 81.7 cm³/mol. The molecule has 0 saturated carbocycles. The molecule has 0 bridgehead atoms. The maximum atomic E-state index is 6.27. The van der Waals surface area contributed by atoms with Gasteiger partial charge in [0.2, 0.25) is 0 Å². The molecule has 0 aliphatic rings. The fourth-order valence-electron chi connectivity index (χ4n) is 2.02. The van der Waals surface area contributed by atoms with Crippen LogP contribution in [0.25, 0.3) is 0 Å². The molecule has 0 radical (unpaired) electrons. The van der Waals surface area contributed by atoms with Gasteiger partial charge in [-0.15, -0.1) is 0 Å². The van der Waals surface area contributed by atoms with Crippen LogP contribution in [0.3, 0.4) is 0 Å². The number of benzene rings is 1. The molecule has 0 aliphatic heterocycles. The SMILES string of the molecule is CCCNCC(C)(CC)Cc1cccc(Cl)c1Cl. The Morgan fingerprint density at radius 2 is 1.94 bits per heavy atom. The summed E-state index contributed by atoms with van der Waals surface area (Å²) in [6.45, 7) is 8.79. The smallest absolute Gasteiger partial charge is 0.0624 e. The van der Waals surface area contributed by atoms with Crippen molar-refractivity contribution < 1.29 is 0 Å². The summed E-state index contributed by atoms with van der Waals surface area (Å²) in [5.74, 6) is 0. The molecule has 0 heterocycles. The maximum Gasteiger partial charge on any atom is 0.0624 e. The molecule has 0 fully saturated rings. The van der Waals surface area contributed by atoms with Crippen molar-refractivity contribution >= 4 is 23.2 Å². The monoisotopic (exact) mass is 287 g/mol. The second-order valence-corrected chi connectivity index (χ2v) is 6.02. The lowest BCUT2D eigenvalue weighted by molar-refractivity contribution is 0.291. The highest BCUT2D eigenvalue weighted by Gasteiger charge is 2.23. The van der Waals surface area contributed by atoms with Gasteiger partial charge in [0, 0.05) is 6.54 Å². The van der Waals surface area contributed by atoms with Crippen LogP contribution in [0.15, 0.2) is 18.2 Å². The van der Waals surface area contributed by atoms with Gasteiger partial charge in [-0.3, -0.25) is 0 Å². The molecule has 1 atom stereocenters. The lowest BCUT2D eigenvalue weighted by atomic mass is 9.81. The average molecular weight is 288 g/mol. The van der Waals surface area contributed by atoms with E-state index in [0.29, 0.717) is 10.0 Å². The number of halogens is 2. The summed E-state index contributed by atoms with van der Waals surface area (Å²) in [4.78, 5) is 0. The van der Waals surface area contributed by atoms with Crippen LogP contribution in [0.2, 0.25) is 10.0 Å². The molecule has 18 heavy (non-hydrogen) atoms. The third-order valence-electron chi connectivity index (χ3n) is 3.48. The van der Waals surface area contributed by atoms with Crippen molar-refractivity contribution in [2.24, 2.45) is 5.41 Å². The van der Waals surface area contributed by atoms with E-state index in [4.69, 9.17) is 23.2 Å². The van der Waals surface area contributed by atoms with Crippen molar-refractivity contribution in [1.82, 2.24) is 5.32 Å². The molecule has 1 N–H and O–H groups in total. The Labute approximate surface area is 121 Å². The van der Waals surface area contributed by atoms with Crippen LogP contribution in [-0.2, 0) is 6.42 Å². The van der Waals surface area contributed by atoms with Crippen molar-refractivity contribution in [3.63, 3.8) is 0 Å². The summed E-state index contributed by atoms with van der Waals surface area (Å²) in [6, 6.07) is 5.88. The summed E-state index contributed by atoms with van der Waals surface area (Å²) in [5.41, 5.74) is 1.37. The summed E-state index contributed by atoms with van der Waals surface area (Å²) < 4.78 is 0. The highest BCUT2D eigenvalue weighted by Crippen LogP contribution is 2.32. The number of hydrogen-bond donors (Lipinski definition) is 1. The summed E-state index contributed by atoms with van der Waals surface area (Å²) >= 11 is 12.3. The normalized spacial score (nSPS) is 14.5. The summed E-state index contributed by atoms with van der Waals surface area (Å²) in [5, 5.41) is 4.86. The summed E-state index contributed by atoms with van der Waals surface area (Å²) in [6.07, 6.45) is 3.24. The fraction of sp³-hybridized carbons (Fsp3) is 0.600. The second kappa shape index (κ2) is 7.37. The molecule has 1 unspecified atom stereocenters. The molecule has 1 aromatic carbocycles. The minimum atomic E-state index is 0.226. The van der Waals surface area contributed by atoms with E-state index >= 15 is 0 Å². The Hall–Kier alpha value is -0.240. The lowest BCUT2D eigenvalue weighted by Crippen LogP contribution is -2.33. The van der Waals surface area contributed by atoms with Crippen LogP contribution in [0.4, 0.5) is 0 Å². The van der Waals surface area contributed by atoms with Crippen LogP contribution in [0, 0.1) is 5.41 Å². The van der Waals surface area contributed by atoms with Crippen LogP contribution in [0.5, 0.6) is 0 Å². The molecule has 0 aliphatic carbocycles. The maximum absolute atomic E-state index is 6.27. The Bertz CT molecular complexity index is 379. The average Bonchev–Trinajstić information content (AvgIpc) is 2.35. The Kier molecular flexibility index (Phi) is 6.48. The number of rotatable bonds is 7. The van der Waals surface area contributed by atoms with E-state index in [9.17, 15) is 0 Å². The minimum absolute atomic E-state index is 0.226. The van der Waals surface area contributed by atoms with Crippen LogP contribution in [-0.4, -0.2) is 13.1 Å². The topological polar surface area (TPSA) is 12.0 Å². The first-order chi connectivity index (χ1) is 8.52. The van der Waals surface area contributed by atoms with E-state index in [0.717, 1.165) is 37.9 Å². The zero-order valence-electron chi connectivity index (χ0n) is 11.5. The number of nitrogens with one attached hydrogen (secondary N) is 1. The van der Waals surface area contributed by atoms with Gasteiger partial charge in [0.25, 0.3) is 0 Å². The van der Waals surface area contributed by atoms with Gasteiger partial charge < -0.3 is 5.32 Å². The Morgan fingerprint density at radius 3 is 2.56 bits per heavy atom. The zero-order valence-corrected chi connectivity index (χ0v) is 13.0. The van der Waals surface area contributed by atoms with E-state index in [1.807, 2.05) is 12.1 Å². The molecule has 3 heteroatoms. The van der Waals surface area contributed by atoms with Crippen LogP contribution < -0.4 is 5.32 Å². The van der Waals surface area contributed by atoms with E-state index in [2.05, 4.69) is 32.2 Å². The lowest BCUT2D eigenvalue weighted by Gasteiger charge is -2.29. The van der Waals surface area contributed by atoms with Crippen molar-refractivity contribution in [1.29, 1.82) is 0 Å². The van der Waals surface area contributed by atoms with Crippen LogP contribution >= 0.6 is 23.2 Å². The highest BCUT2D eigenvalue weighted by molar-refractivity contribution is 6.42. The minimum Gasteiger partial charge on any atom is -0.316 e. The molecule has 1 nitrogen and oxygen atoms in total. The van der Waals surface area contributed by atoms with Crippen molar-refractivity contribution in [3.8, 4) is 0 Å². The molecule has 0 aromatic heterocycles. The molecule has 102 valence electrons. The Morgan fingerprint density at radius 1 is 1.22 bits per heavy atom. The second-order valence-electron chi connectivity index (χ2n) is 5.23. The summed E-state index contributed by atoms with van der Waals surface area (Å²) in [7, 11) is 0. The predicted octanol–water partition coefficient (Wildman–Crippen LogP) is 4.95. The van der Waals surface area contributed by atoms with Gasteiger partial charge >= 0.3 is 0 Å². The third-order valence-corrected chi connectivity index (χ3v) is 4.34. The molecule has 0 spiro atoms. The molecule has 0 amide bonds. The van der Waals surface area contributed by atoms with E-state index < -0.39 is 0 Å². The van der Waals surface area contributed by atoms with E-state index in [-0.39, 0.29) is 5.41 Å². The standard InChI is InChI=1S/C15H23Cl2N/c1-4-9-18-11-15(3,5-2)10-12-7-6-8-13(16)14(12)17/h6-8,18H,4-5,9-11H2,1-3H3. The first kappa shape index (κ1) is 15.8. The largest absolute Gasteiger partial charge is 0.316 e. The quantitative estimate of drug-likeness (QED) is 0.700. The van der Waals surface area contributed by atoms with Crippen molar-refractivity contribution in [3.05, 3.63) is 33.8 Å². The molecule has 1 rings (SSSR count). The molecule has 1 aromatic rings. The first-order valence-electron chi connectivity index (χ1n) is 6.66. The van der Waals surface area contributed by atoms with Gasteiger partial charge in [0.15, 0.2) is 0 Å². The van der Waals surface area contributed by atoms with Crippen LogP contribution in [0.1, 0.15) is 39.2 Å². The van der Waals surface area contributed by atoms with Crippen molar-refractivity contribution in [2.75, 3.05) is 13.1 Å². The Balaban J connectivity index is 2.75. The van der Waals surface area contributed by atoms with Gasteiger partial charge in [-0.25, -0.2) is 0 Å². The highest BCUT2D eigenvalue weighted by atomic mass is 35.5. The van der Waals surface area contributed by atoms with Gasteiger partial charge in [-0.1, -0.05) is 56.1 Å². The van der Waals surface area contributed by atoms with E-state index in [1.54, 1.807) is 0 Å². The number of hydrogen-bond acceptors (Lipinski definition) is 1. The van der Waals surface area contributed by atoms with Gasteiger partial charge in [0.05, 0.1) is 10.0 Å². The zero-order chi connectivity index (χ0) is 13.6. The van der Waals surface area contributed by atoms with E-state index in [1.165, 1.54) is 0 Å².